The standard InChI is InChI=1S/C52H86O9/c1-7-44(51(60)25-14-10-12-23-50(59)36-46(37-53)41(6)55)21-16-18-22-47(56)31-32-48(57)30-29-43-28-27-42(34-43)20-11-8-9-13-26-52(61)45(33-38(2)3)35-49(58)24-17-15-19-39(4)40(5)54/h7,38,41-46,53,55H,1,4,8-37H2,2-3,5-6H3. The molecule has 1 aliphatic rings. The van der Waals surface area contributed by atoms with Gasteiger partial charge < -0.3 is 10.2 Å². The van der Waals surface area contributed by atoms with E-state index < -0.39 is 12.0 Å². The predicted octanol–water partition coefficient (Wildman–Crippen LogP) is 11.2. The van der Waals surface area contributed by atoms with Crippen LogP contribution in [0.3, 0.4) is 0 Å². The second-order valence-corrected chi connectivity index (χ2v) is 19.1. The SMILES string of the molecule is C=CC(CCCCC(=O)CCC(=O)CCC1CCC(CCCCCCC(=O)C(CC(=O)CCCCC(=C)C(C)=O)CC(C)C)C1)C(=O)CCCCCC(=O)CC(CO)C(C)O. The molecule has 0 aromatic heterocycles. The van der Waals surface area contributed by atoms with Crippen molar-refractivity contribution in [1.29, 1.82) is 0 Å². The van der Waals surface area contributed by atoms with Crippen molar-refractivity contribution in [3.8, 4) is 0 Å². The molecule has 1 rings (SSSR count). The molecule has 1 fully saturated rings. The van der Waals surface area contributed by atoms with Crippen molar-refractivity contribution in [1.82, 2.24) is 0 Å². The lowest BCUT2D eigenvalue weighted by Crippen LogP contribution is -2.23. The Bertz CT molecular complexity index is 1360. The summed E-state index contributed by atoms with van der Waals surface area (Å²) in [6, 6.07) is 0. The first-order valence-electron chi connectivity index (χ1n) is 24.3. The van der Waals surface area contributed by atoms with Crippen molar-refractivity contribution >= 4 is 40.5 Å². The average molecular weight is 855 g/mol. The lowest BCUT2D eigenvalue weighted by atomic mass is 9.86. The largest absolute Gasteiger partial charge is 0.396 e. The van der Waals surface area contributed by atoms with E-state index in [1.807, 2.05) is 0 Å². The van der Waals surface area contributed by atoms with Crippen molar-refractivity contribution in [2.75, 3.05) is 6.61 Å². The van der Waals surface area contributed by atoms with Crippen molar-refractivity contribution in [2.24, 2.45) is 35.5 Å². The summed E-state index contributed by atoms with van der Waals surface area (Å²) in [6.07, 6.45) is 21.8. The molecule has 348 valence electrons. The monoisotopic (exact) mass is 855 g/mol. The minimum absolute atomic E-state index is 0.000665. The first-order valence-corrected chi connectivity index (χ1v) is 24.3. The van der Waals surface area contributed by atoms with Crippen LogP contribution in [-0.4, -0.2) is 63.4 Å². The summed E-state index contributed by atoms with van der Waals surface area (Å²) in [6.45, 7) is 14.7. The zero-order chi connectivity index (χ0) is 45.6. The zero-order valence-electron chi connectivity index (χ0n) is 39.0. The maximum absolute atomic E-state index is 13.1. The summed E-state index contributed by atoms with van der Waals surface area (Å²) >= 11 is 0. The quantitative estimate of drug-likeness (QED) is 0.0346. The van der Waals surface area contributed by atoms with Crippen molar-refractivity contribution in [2.45, 2.75) is 220 Å². The minimum atomic E-state index is -0.722. The Morgan fingerprint density at radius 1 is 0.607 bits per heavy atom. The fourth-order valence-corrected chi connectivity index (χ4v) is 8.86. The first-order chi connectivity index (χ1) is 29.1. The molecule has 2 N–H and O–H groups in total. The summed E-state index contributed by atoms with van der Waals surface area (Å²) in [5, 5.41) is 18.9. The second-order valence-electron chi connectivity index (χ2n) is 19.1. The zero-order valence-corrected chi connectivity index (χ0v) is 39.0. The number of aliphatic hydroxyl groups excluding tert-OH is 2. The highest BCUT2D eigenvalue weighted by Gasteiger charge is 2.26. The van der Waals surface area contributed by atoms with Crippen molar-refractivity contribution in [3.05, 3.63) is 24.8 Å². The van der Waals surface area contributed by atoms with Gasteiger partial charge in [0.05, 0.1) is 6.10 Å². The van der Waals surface area contributed by atoms with Gasteiger partial charge in [-0.1, -0.05) is 77.9 Å². The molecule has 1 saturated carbocycles. The Labute approximate surface area is 370 Å². The number of allylic oxidation sites excluding steroid dienone is 2. The molecule has 0 aliphatic heterocycles. The highest BCUT2D eigenvalue weighted by molar-refractivity contribution is 5.92. The van der Waals surface area contributed by atoms with Crippen LogP contribution in [0.25, 0.3) is 0 Å². The molecule has 0 aromatic rings. The van der Waals surface area contributed by atoms with E-state index >= 15 is 0 Å². The van der Waals surface area contributed by atoms with E-state index in [4.69, 9.17) is 0 Å². The molecule has 61 heavy (non-hydrogen) atoms. The van der Waals surface area contributed by atoms with Crippen molar-refractivity contribution in [3.63, 3.8) is 0 Å². The summed E-state index contributed by atoms with van der Waals surface area (Å²) in [4.78, 5) is 87.0. The topological polar surface area (TPSA) is 160 Å². The van der Waals surface area contributed by atoms with Gasteiger partial charge in [0.25, 0.3) is 0 Å². The first kappa shape index (κ1) is 56.1. The van der Waals surface area contributed by atoms with Gasteiger partial charge in [-0.25, -0.2) is 0 Å². The maximum atomic E-state index is 13.1. The molecule has 9 heteroatoms. The Hall–Kier alpha value is -2.91. The molecular formula is C52H86O9. The van der Waals surface area contributed by atoms with E-state index in [0.717, 1.165) is 64.2 Å². The highest BCUT2D eigenvalue weighted by Crippen LogP contribution is 2.37. The molecule has 9 nitrogen and oxygen atoms in total. The van der Waals surface area contributed by atoms with E-state index in [2.05, 4.69) is 27.0 Å². The summed E-state index contributed by atoms with van der Waals surface area (Å²) in [5.74, 6) is 1.61. The molecule has 6 unspecified atom stereocenters. The van der Waals surface area contributed by atoms with Gasteiger partial charge in [-0.15, -0.1) is 6.58 Å². The molecule has 6 atom stereocenters. The number of ketones is 7. The van der Waals surface area contributed by atoms with Gasteiger partial charge in [0.15, 0.2) is 5.78 Å². The van der Waals surface area contributed by atoms with Crippen LogP contribution >= 0.6 is 0 Å². The smallest absolute Gasteiger partial charge is 0.155 e. The number of rotatable bonds is 41. The Balaban J connectivity index is 2.16. The minimum Gasteiger partial charge on any atom is -0.396 e. The fraction of sp³-hybridized carbons (Fsp3) is 0.788. The van der Waals surface area contributed by atoms with Gasteiger partial charge in [0.2, 0.25) is 0 Å². The van der Waals surface area contributed by atoms with Gasteiger partial charge in [0.1, 0.15) is 34.7 Å². The van der Waals surface area contributed by atoms with Crippen LogP contribution in [0.1, 0.15) is 214 Å². The summed E-state index contributed by atoms with van der Waals surface area (Å²) in [7, 11) is 0. The molecule has 0 radical (unpaired) electrons. The maximum Gasteiger partial charge on any atom is 0.155 e. The average Bonchev–Trinajstić information content (AvgIpc) is 3.67. The summed E-state index contributed by atoms with van der Waals surface area (Å²) < 4.78 is 0. The molecule has 0 saturated heterocycles. The molecule has 0 heterocycles. The predicted molar refractivity (Wildman–Crippen MR) is 245 cm³/mol. The Morgan fingerprint density at radius 2 is 1.11 bits per heavy atom. The lowest BCUT2D eigenvalue weighted by Gasteiger charge is -2.17. The molecule has 0 bridgehead atoms. The van der Waals surface area contributed by atoms with Gasteiger partial charge >= 0.3 is 0 Å². The van der Waals surface area contributed by atoms with Crippen LogP contribution in [0, 0.1) is 35.5 Å². The number of carbonyl (C=O) groups is 7. The number of aliphatic hydroxyl groups is 2. The number of carbonyl (C=O) groups excluding carboxylic acids is 7. The van der Waals surface area contributed by atoms with E-state index in [-0.39, 0.29) is 65.3 Å². The molecule has 1 aliphatic carbocycles. The van der Waals surface area contributed by atoms with Crippen LogP contribution in [0.15, 0.2) is 24.8 Å². The molecular weight excluding hydrogens is 769 g/mol. The van der Waals surface area contributed by atoms with Crippen LogP contribution in [0.2, 0.25) is 0 Å². The molecule has 0 spiro atoms. The number of Topliss-reactive ketones (excluding diaryl/α,β-unsaturated/α-hetero) is 7. The Morgan fingerprint density at radius 3 is 1.72 bits per heavy atom. The number of hydrogen-bond acceptors (Lipinski definition) is 9. The summed E-state index contributed by atoms with van der Waals surface area (Å²) in [5.41, 5.74) is 0.606. The van der Waals surface area contributed by atoms with E-state index in [9.17, 15) is 43.8 Å². The molecule has 0 aromatic carbocycles. The van der Waals surface area contributed by atoms with Gasteiger partial charge in [0, 0.05) is 88.6 Å². The van der Waals surface area contributed by atoms with Crippen molar-refractivity contribution < 1.29 is 43.8 Å². The highest BCUT2D eigenvalue weighted by atomic mass is 16.3. The van der Waals surface area contributed by atoms with E-state index in [0.29, 0.717) is 113 Å². The Kier molecular flexibility index (Phi) is 30.9. The van der Waals surface area contributed by atoms with Gasteiger partial charge in [-0.2, -0.15) is 0 Å². The second kappa shape index (κ2) is 33.6. The fourth-order valence-electron chi connectivity index (χ4n) is 8.86. The van der Waals surface area contributed by atoms with E-state index in [1.165, 1.54) is 32.6 Å². The number of hydrogen-bond donors (Lipinski definition) is 2. The third kappa shape index (κ3) is 27.7. The van der Waals surface area contributed by atoms with Crippen LogP contribution in [0.4, 0.5) is 0 Å². The van der Waals surface area contributed by atoms with Crippen LogP contribution < -0.4 is 0 Å². The van der Waals surface area contributed by atoms with Crippen LogP contribution in [-0.2, 0) is 33.6 Å². The number of unbranched alkanes of at least 4 members (excludes halogenated alkanes) is 7. The third-order valence-electron chi connectivity index (χ3n) is 13.0. The lowest BCUT2D eigenvalue weighted by molar-refractivity contribution is -0.128. The van der Waals surface area contributed by atoms with Gasteiger partial charge in [-0.05, 0) is 108 Å². The van der Waals surface area contributed by atoms with E-state index in [1.54, 1.807) is 13.0 Å². The third-order valence-corrected chi connectivity index (χ3v) is 13.0. The molecule has 0 amide bonds. The van der Waals surface area contributed by atoms with Gasteiger partial charge in [-0.3, -0.25) is 33.6 Å². The normalized spacial score (nSPS) is 17.1. The van der Waals surface area contributed by atoms with Crippen LogP contribution in [0.5, 0.6) is 0 Å².